The number of thioether (sulfide) groups is 1. The second-order valence-electron chi connectivity index (χ2n) is 6.47. The van der Waals surface area contributed by atoms with E-state index in [1.165, 1.54) is 11.8 Å². The first-order valence-corrected chi connectivity index (χ1v) is 10.3. The number of hydrogen-bond acceptors (Lipinski definition) is 6. The number of carbonyl (C=O) groups is 2. The summed E-state index contributed by atoms with van der Waals surface area (Å²) in [6.45, 7) is 5.31. The molecule has 0 saturated heterocycles. The zero-order chi connectivity index (χ0) is 21.0. The molecule has 0 fully saturated rings. The van der Waals surface area contributed by atoms with Crippen molar-refractivity contribution in [1.82, 2.24) is 14.8 Å². The Kier molecular flexibility index (Phi) is 6.33. The lowest BCUT2D eigenvalue weighted by Crippen LogP contribution is -2.30. The fourth-order valence-corrected chi connectivity index (χ4v) is 3.29. The van der Waals surface area contributed by atoms with Crippen molar-refractivity contribution in [2.24, 2.45) is 0 Å². The van der Waals surface area contributed by atoms with Gasteiger partial charge in [-0.15, -0.1) is 10.2 Å². The van der Waals surface area contributed by atoms with Gasteiger partial charge in [0.1, 0.15) is 5.82 Å². The van der Waals surface area contributed by atoms with Gasteiger partial charge in [-0.3, -0.25) is 9.36 Å². The second kappa shape index (κ2) is 8.91. The highest BCUT2D eigenvalue weighted by Gasteiger charge is 2.20. The molecule has 1 atom stereocenters. The molecule has 7 nitrogen and oxygen atoms in total. The van der Waals surface area contributed by atoms with Gasteiger partial charge in [0.05, 0.1) is 5.56 Å². The third-order valence-electron chi connectivity index (χ3n) is 4.39. The van der Waals surface area contributed by atoms with E-state index >= 15 is 0 Å². The van der Waals surface area contributed by atoms with Gasteiger partial charge in [-0.05, 0) is 62.9 Å². The lowest BCUT2D eigenvalue weighted by Gasteiger charge is -2.15. The summed E-state index contributed by atoms with van der Waals surface area (Å²) < 4.78 is 7.22. The average Bonchev–Trinajstić information content (AvgIpc) is 3.10. The van der Waals surface area contributed by atoms with Crippen molar-refractivity contribution in [1.29, 1.82) is 0 Å². The molecule has 0 radical (unpaired) electrons. The minimum atomic E-state index is -0.926. The van der Waals surface area contributed by atoms with E-state index in [9.17, 15) is 9.59 Å². The molecule has 3 rings (SSSR count). The highest BCUT2D eigenvalue weighted by atomic mass is 32.2. The number of aryl methyl sites for hydroxylation is 2. The first-order chi connectivity index (χ1) is 13.9. The molecule has 0 saturated carbocycles. The zero-order valence-electron chi connectivity index (χ0n) is 16.7. The van der Waals surface area contributed by atoms with Crippen LogP contribution in [0.4, 0.5) is 5.69 Å². The van der Waals surface area contributed by atoms with Crippen LogP contribution in [0.25, 0.3) is 5.69 Å². The van der Waals surface area contributed by atoms with Crippen LogP contribution in [0.15, 0.2) is 53.7 Å². The van der Waals surface area contributed by atoms with Gasteiger partial charge in [-0.25, -0.2) is 4.79 Å². The fourth-order valence-electron chi connectivity index (χ4n) is 2.75. The number of aromatic nitrogens is 3. The molecule has 1 amide bonds. The molecule has 1 aromatic heterocycles. The molecule has 0 aliphatic carbocycles. The molecule has 1 unspecified atom stereocenters. The largest absolute Gasteiger partial charge is 0.449 e. The molecule has 0 spiro atoms. The van der Waals surface area contributed by atoms with Gasteiger partial charge in [0, 0.05) is 11.4 Å². The first kappa shape index (κ1) is 20.6. The van der Waals surface area contributed by atoms with Crippen molar-refractivity contribution in [3.05, 3.63) is 65.5 Å². The molecule has 8 heteroatoms. The summed E-state index contributed by atoms with van der Waals surface area (Å²) in [5, 5.41) is 11.7. The van der Waals surface area contributed by atoms with E-state index in [1.807, 2.05) is 42.9 Å². The van der Waals surface area contributed by atoms with Crippen LogP contribution in [0.5, 0.6) is 0 Å². The molecule has 3 aromatic rings. The van der Waals surface area contributed by atoms with E-state index in [-0.39, 0.29) is 5.91 Å². The Balaban J connectivity index is 1.67. The number of anilines is 1. The van der Waals surface area contributed by atoms with E-state index in [0.717, 1.165) is 22.2 Å². The minimum absolute atomic E-state index is 0.362. The lowest BCUT2D eigenvalue weighted by atomic mass is 10.2. The van der Waals surface area contributed by atoms with Crippen LogP contribution in [0.3, 0.4) is 0 Å². The van der Waals surface area contributed by atoms with Crippen molar-refractivity contribution < 1.29 is 14.3 Å². The number of hydrogen-bond donors (Lipinski definition) is 1. The highest BCUT2D eigenvalue weighted by Crippen LogP contribution is 2.20. The molecule has 150 valence electrons. The molecule has 2 aromatic carbocycles. The van der Waals surface area contributed by atoms with Crippen LogP contribution in [0.2, 0.25) is 0 Å². The quantitative estimate of drug-likeness (QED) is 0.491. The van der Waals surface area contributed by atoms with E-state index in [0.29, 0.717) is 11.3 Å². The predicted octanol–water partition coefficient (Wildman–Crippen LogP) is 3.79. The summed E-state index contributed by atoms with van der Waals surface area (Å²) in [7, 11) is 0. The van der Waals surface area contributed by atoms with Crippen LogP contribution in [0, 0.1) is 13.8 Å². The van der Waals surface area contributed by atoms with Crippen LogP contribution in [0.1, 0.15) is 28.7 Å². The smallest absolute Gasteiger partial charge is 0.338 e. The average molecular weight is 410 g/mol. The van der Waals surface area contributed by atoms with Gasteiger partial charge < -0.3 is 10.1 Å². The minimum Gasteiger partial charge on any atom is -0.449 e. The monoisotopic (exact) mass is 410 g/mol. The van der Waals surface area contributed by atoms with Crippen LogP contribution in [-0.2, 0) is 9.53 Å². The Hall–Kier alpha value is -3.13. The molecule has 1 N–H and O–H groups in total. The molecular formula is C21H22N4O3S. The maximum atomic E-state index is 12.4. The Morgan fingerprint density at radius 2 is 1.76 bits per heavy atom. The fraction of sp³-hybridized carbons (Fsp3) is 0.238. The van der Waals surface area contributed by atoms with E-state index < -0.39 is 12.1 Å². The number of nitrogens with one attached hydrogen (secondary N) is 1. The van der Waals surface area contributed by atoms with Gasteiger partial charge >= 0.3 is 5.97 Å². The third-order valence-corrected chi connectivity index (χ3v) is 5.02. The summed E-state index contributed by atoms with van der Waals surface area (Å²) >= 11 is 1.49. The van der Waals surface area contributed by atoms with Crippen molar-refractivity contribution in [2.45, 2.75) is 32.0 Å². The SMILES string of the molecule is CSc1nnc(C)n1-c1ccc(C(=O)OC(C)C(=O)Nc2ccccc2C)cc1. The molecule has 1 heterocycles. The van der Waals surface area contributed by atoms with Crippen molar-refractivity contribution in [2.75, 3.05) is 11.6 Å². The van der Waals surface area contributed by atoms with Gasteiger partial charge in [0.2, 0.25) is 0 Å². The maximum Gasteiger partial charge on any atom is 0.338 e. The summed E-state index contributed by atoms with van der Waals surface area (Å²) in [5.41, 5.74) is 2.84. The Labute approximate surface area is 173 Å². The third kappa shape index (κ3) is 4.65. The molecule has 29 heavy (non-hydrogen) atoms. The molecule has 0 aliphatic rings. The van der Waals surface area contributed by atoms with Gasteiger partial charge in [0.25, 0.3) is 5.91 Å². The molecular weight excluding hydrogens is 388 g/mol. The van der Waals surface area contributed by atoms with E-state index in [1.54, 1.807) is 37.3 Å². The van der Waals surface area contributed by atoms with Crippen LogP contribution < -0.4 is 5.32 Å². The Morgan fingerprint density at radius 1 is 1.07 bits per heavy atom. The number of amides is 1. The van der Waals surface area contributed by atoms with Crippen molar-refractivity contribution >= 4 is 29.3 Å². The standard InChI is InChI=1S/C21H22N4O3S/c1-13-7-5-6-8-18(13)22-19(26)14(2)28-20(27)16-9-11-17(12-10-16)25-15(3)23-24-21(25)29-4/h5-12,14H,1-4H3,(H,22,26). The van der Waals surface area contributed by atoms with E-state index in [4.69, 9.17) is 4.74 Å². The number of ether oxygens (including phenoxy) is 1. The lowest BCUT2D eigenvalue weighted by molar-refractivity contribution is -0.123. The maximum absolute atomic E-state index is 12.4. The number of rotatable bonds is 6. The summed E-state index contributed by atoms with van der Waals surface area (Å²) in [6, 6.07) is 14.3. The van der Waals surface area contributed by atoms with E-state index in [2.05, 4.69) is 15.5 Å². The molecule has 0 aliphatic heterocycles. The number of para-hydroxylation sites is 1. The zero-order valence-corrected chi connectivity index (χ0v) is 17.5. The predicted molar refractivity (Wildman–Crippen MR) is 113 cm³/mol. The van der Waals surface area contributed by atoms with Crippen LogP contribution >= 0.6 is 11.8 Å². The van der Waals surface area contributed by atoms with Gasteiger partial charge in [-0.1, -0.05) is 30.0 Å². The normalized spacial score (nSPS) is 11.7. The van der Waals surface area contributed by atoms with Crippen molar-refractivity contribution in [3.63, 3.8) is 0 Å². The summed E-state index contributed by atoms with van der Waals surface area (Å²) in [4.78, 5) is 24.8. The van der Waals surface area contributed by atoms with Crippen molar-refractivity contribution in [3.8, 4) is 5.69 Å². The Bertz CT molecular complexity index is 1030. The van der Waals surface area contributed by atoms with Gasteiger partial charge in [-0.2, -0.15) is 0 Å². The topological polar surface area (TPSA) is 86.1 Å². The highest BCUT2D eigenvalue weighted by molar-refractivity contribution is 7.98. The molecule has 0 bridgehead atoms. The summed E-state index contributed by atoms with van der Waals surface area (Å²) in [6.07, 6.45) is 1.000. The number of esters is 1. The van der Waals surface area contributed by atoms with Crippen LogP contribution in [-0.4, -0.2) is 39.0 Å². The second-order valence-corrected chi connectivity index (χ2v) is 7.24. The number of carbonyl (C=O) groups excluding carboxylic acids is 2. The summed E-state index contributed by atoms with van der Waals surface area (Å²) in [5.74, 6) is -0.185. The number of nitrogens with zero attached hydrogens (tertiary/aromatic N) is 3. The van der Waals surface area contributed by atoms with Gasteiger partial charge in [0.15, 0.2) is 11.3 Å². The number of benzene rings is 2. The Morgan fingerprint density at radius 3 is 2.41 bits per heavy atom. The first-order valence-electron chi connectivity index (χ1n) is 9.04.